The van der Waals surface area contributed by atoms with Crippen molar-refractivity contribution in [3.63, 3.8) is 0 Å². The van der Waals surface area contributed by atoms with Crippen molar-refractivity contribution >= 4 is 40.0 Å². The van der Waals surface area contributed by atoms with Crippen molar-refractivity contribution in [2.45, 2.75) is 11.8 Å². The van der Waals surface area contributed by atoms with Gasteiger partial charge >= 0.3 is 0 Å². The highest BCUT2D eigenvalue weighted by Gasteiger charge is 2.04. The number of anilines is 1. The van der Waals surface area contributed by atoms with Crippen LogP contribution < -0.4 is 5.32 Å². The second kappa shape index (κ2) is 7.19. The highest BCUT2D eigenvalue weighted by atomic mass is 127. The van der Waals surface area contributed by atoms with E-state index in [-0.39, 0.29) is 5.38 Å². The lowest BCUT2D eigenvalue weighted by Crippen LogP contribution is -2.14. The van der Waals surface area contributed by atoms with Gasteiger partial charge in [-0.05, 0) is 29.0 Å². The van der Waals surface area contributed by atoms with Gasteiger partial charge in [0.15, 0.2) is 0 Å². The Morgan fingerprint density at radius 2 is 2.47 bits per heavy atom. The lowest BCUT2D eigenvalue weighted by atomic mass is 10.3. The van der Waals surface area contributed by atoms with E-state index in [1.54, 1.807) is 13.3 Å². The van der Waals surface area contributed by atoms with Crippen LogP contribution in [0.5, 0.6) is 0 Å². The fourth-order valence-corrected chi connectivity index (χ4v) is 1.78. The van der Waals surface area contributed by atoms with Crippen LogP contribution in [0.1, 0.15) is 6.42 Å². The average Bonchev–Trinajstić information content (AvgIpc) is 2.21. The minimum Gasteiger partial charge on any atom is -0.383 e. The molecule has 0 bridgehead atoms. The normalized spacial score (nSPS) is 12.5. The molecular formula is C9H13ClIN3O. The van der Waals surface area contributed by atoms with Crippen LogP contribution in [0.3, 0.4) is 0 Å². The number of hydrogen-bond acceptors (Lipinski definition) is 4. The summed E-state index contributed by atoms with van der Waals surface area (Å²) in [6.45, 7) is 1.36. The van der Waals surface area contributed by atoms with Crippen LogP contribution in [0.2, 0.25) is 0 Å². The topological polar surface area (TPSA) is 47.0 Å². The Hall–Kier alpha value is -0.140. The summed E-state index contributed by atoms with van der Waals surface area (Å²) in [6.07, 6.45) is 4.14. The lowest BCUT2D eigenvalue weighted by Gasteiger charge is -2.10. The Bertz CT molecular complexity index is 300. The van der Waals surface area contributed by atoms with Crippen LogP contribution in [0.4, 0.5) is 5.82 Å². The fraction of sp³-hybridized carbons (Fsp3) is 0.556. The zero-order valence-corrected chi connectivity index (χ0v) is 11.3. The van der Waals surface area contributed by atoms with Gasteiger partial charge in [-0.1, -0.05) is 0 Å². The van der Waals surface area contributed by atoms with Crippen LogP contribution in [0.25, 0.3) is 0 Å². The third kappa shape index (κ3) is 4.94. The predicted molar refractivity (Wildman–Crippen MR) is 69.4 cm³/mol. The molecule has 15 heavy (non-hydrogen) atoms. The molecule has 0 aliphatic carbocycles. The molecule has 1 aromatic heterocycles. The van der Waals surface area contributed by atoms with Gasteiger partial charge < -0.3 is 10.1 Å². The number of rotatable bonds is 6. The maximum absolute atomic E-state index is 5.99. The maximum Gasteiger partial charge on any atom is 0.142 e. The third-order valence-corrected chi connectivity index (χ3v) is 2.90. The summed E-state index contributed by atoms with van der Waals surface area (Å²) in [5.74, 6) is 0.854. The van der Waals surface area contributed by atoms with Gasteiger partial charge in [0, 0.05) is 19.9 Å². The summed E-state index contributed by atoms with van der Waals surface area (Å²) in [6, 6.07) is 0. The molecule has 0 amide bonds. The van der Waals surface area contributed by atoms with Gasteiger partial charge in [0.05, 0.1) is 15.6 Å². The number of methoxy groups -OCH3 is 1. The highest BCUT2D eigenvalue weighted by Crippen LogP contribution is 2.12. The van der Waals surface area contributed by atoms with Crippen LogP contribution >= 0.6 is 34.2 Å². The van der Waals surface area contributed by atoms with E-state index >= 15 is 0 Å². The van der Waals surface area contributed by atoms with Gasteiger partial charge in [-0.15, -0.1) is 11.6 Å². The quantitative estimate of drug-likeness (QED) is 0.636. The third-order valence-electron chi connectivity index (χ3n) is 1.77. The van der Waals surface area contributed by atoms with Gasteiger partial charge in [0.25, 0.3) is 0 Å². The van der Waals surface area contributed by atoms with Gasteiger partial charge in [-0.25, -0.2) is 9.97 Å². The monoisotopic (exact) mass is 341 g/mol. The molecule has 0 spiro atoms. The number of halogens is 2. The maximum atomic E-state index is 5.99. The Labute approximate surface area is 108 Å². The second-order valence-corrected chi connectivity index (χ2v) is 4.77. The van der Waals surface area contributed by atoms with Crippen LogP contribution in [-0.2, 0) is 4.74 Å². The minimum atomic E-state index is 0.0435. The molecule has 84 valence electrons. The molecule has 0 aliphatic rings. The largest absolute Gasteiger partial charge is 0.383 e. The molecule has 0 aromatic carbocycles. The first-order valence-electron chi connectivity index (χ1n) is 4.56. The molecule has 4 nitrogen and oxygen atoms in total. The molecule has 0 saturated heterocycles. The van der Waals surface area contributed by atoms with Crippen LogP contribution in [0.15, 0.2) is 12.5 Å². The molecule has 0 fully saturated rings. The van der Waals surface area contributed by atoms with Crippen LogP contribution in [-0.4, -0.2) is 35.6 Å². The smallest absolute Gasteiger partial charge is 0.142 e. The van der Waals surface area contributed by atoms with Crippen molar-refractivity contribution in [1.29, 1.82) is 0 Å². The summed E-state index contributed by atoms with van der Waals surface area (Å²) < 4.78 is 5.95. The Kier molecular flexibility index (Phi) is 6.19. The molecule has 1 atom stereocenters. The van der Waals surface area contributed by atoms with Crippen molar-refractivity contribution in [3.05, 3.63) is 16.1 Å². The second-order valence-electron chi connectivity index (χ2n) is 2.99. The molecular weight excluding hydrogens is 328 g/mol. The van der Waals surface area contributed by atoms with Crippen molar-refractivity contribution < 1.29 is 4.74 Å². The highest BCUT2D eigenvalue weighted by molar-refractivity contribution is 14.1. The molecule has 1 unspecified atom stereocenters. The fourth-order valence-electron chi connectivity index (χ4n) is 1.05. The van der Waals surface area contributed by atoms with Gasteiger partial charge in [-0.3, -0.25) is 0 Å². The minimum absolute atomic E-state index is 0.0435. The SMILES string of the molecule is COCC(Cl)CCNc1ncncc1I. The van der Waals surface area contributed by atoms with E-state index in [1.165, 1.54) is 6.33 Å². The average molecular weight is 342 g/mol. The molecule has 1 N–H and O–H groups in total. The molecule has 0 radical (unpaired) electrons. The van der Waals surface area contributed by atoms with E-state index in [1.807, 2.05) is 0 Å². The van der Waals surface area contributed by atoms with Crippen molar-refractivity contribution in [3.8, 4) is 0 Å². The molecule has 1 heterocycles. The van der Waals surface area contributed by atoms with E-state index in [4.69, 9.17) is 16.3 Å². The Morgan fingerprint density at radius 3 is 3.13 bits per heavy atom. The number of alkyl halides is 1. The molecule has 6 heteroatoms. The van der Waals surface area contributed by atoms with E-state index in [9.17, 15) is 0 Å². The first kappa shape index (κ1) is 12.9. The zero-order valence-electron chi connectivity index (χ0n) is 8.41. The van der Waals surface area contributed by atoms with E-state index in [0.29, 0.717) is 6.61 Å². The van der Waals surface area contributed by atoms with Crippen molar-refractivity contribution in [2.75, 3.05) is 25.6 Å². The summed E-state index contributed by atoms with van der Waals surface area (Å²) in [5, 5.41) is 3.25. The number of aromatic nitrogens is 2. The summed E-state index contributed by atoms with van der Waals surface area (Å²) in [4.78, 5) is 8.03. The molecule has 1 aromatic rings. The van der Waals surface area contributed by atoms with E-state index in [2.05, 4.69) is 37.9 Å². The Balaban J connectivity index is 2.29. The van der Waals surface area contributed by atoms with E-state index in [0.717, 1.165) is 22.4 Å². The predicted octanol–water partition coefficient (Wildman–Crippen LogP) is 2.14. The molecule has 0 saturated carbocycles. The molecule has 1 rings (SSSR count). The van der Waals surface area contributed by atoms with Crippen molar-refractivity contribution in [2.24, 2.45) is 0 Å². The summed E-state index contributed by atoms with van der Waals surface area (Å²) in [7, 11) is 1.65. The summed E-state index contributed by atoms with van der Waals surface area (Å²) >= 11 is 8.18. The van der Waals surface area contributed by atoms with Gasteiger partial charge in [0.2, 0.25) is 0 Å². The number of hydrogen-bond donors (Lipinski definition) is 1. The summed E-state index contributed by atoms with van der Waals surface area (Å²) in [5.41, 5.74) is 0. The number of nitrogens with one attached hydrogen (secondary N) is 1. The van der Waals surface area contributed by atoms with E-state index < -0.39 is 0 Å². The van der Waals surface area contributed by atoms with Gasteiger partial charge in [-0.2, -0.15) is 0 Å². The zero-order chi connectivity index (χ0) is 11.1. The van der Waals surface area contributed by atoms with Crippen LogP contribution in [0, 0.1) is 3.57 Å². The Morgan fingerprint density at radius 1 is 1.67 bits per heavy atom. The number of ether oxygens (including phenoxy) is 1. The molecule has 0 aliphatic heterocycles. The van der Waals surface area contributed by atoms with Gasteiger partial charge in [0.1, 0.15) is 12.1 Å². The first-order chi connectivity index (χ1) is 7.24. The standard InChI is InChI=1S/C9H13ClIN3O/c1-15-5-7(10)2-3-13-9-8(11)4-12-6-14-9/h4,6-7H,2-3,5H2,1H3,(H,12,13,14). The lowest BCUT2D eigenvalue weighted by molar-refractivity contribution is 0.196. The number of nitrogens with zero attached hydrogens (tertiary/aromatic N) is 2. The van der Waals surface area contributed by atoms with Crippen molar-refractivity contribution in [1.82, 2.24) is 9.97 Å². The first-order valence-corrected chi connectivity index (χ1v) is 6.08.